The number of halogens is 1. The smallest absolute Gasteiger partial charge is 0.335 e. The maximum absolute atomic E-state index is 10.9. The van der Waals surface area contributed by atoms with Gasteiger partial charge in [0.15, 0.2) is 0 Å². The molecule has 4 nitrogen and oxygen atoms in total. The summed E-state index contributed by atoms with van der Waals surface area (Å²) >= 11 is 3.46. The second kappa shape index (κ2) is 5.84. The highest BCUT2D eigenvalue weighted by atomic mass is 79.9. The number of aromatic carboxylic acids is 1. The maximum atomic E-state index is 10.9. The highest BCUT2D eigenvalue weighted by Gasteiger charge is 2.34. The number of carboxylic acids is 1. The van der Waals surface area contributed by atoms with Gasteiger partial charge in [0.1, 0.15) is 0 Å². The topological polar surface area (TPSA) is 52.6 Å². The third kappa shape index (κ3) is 3.22. The van der Waals surface area contributed by atoms with Crippen molar-refractivity contribution in [1.29, 1.82) is 0 Å². The Morgan fingerprint density at radius 3 is 2.85 bits per heavy atom. The van der Waals surface area contributed by atoms with E-state index in [1.54, 1.807) is 12.1 Å². The molecule has 1 saturated carbocycles. The van der Waals surface area contributed by atoms with E-state index in [1.807, 2.05) is 6.07 Å². The molecule has 0 radical (unpaired) electrons. The van der Waals surface area contributed by atoms with E-state index in [-0.39, 0.29) is 0 Å². The molecule has 3 rings (SSSR count). The zero-order valence-corrected chi connectivity index (χ0v) is 12.9. The molecule has 0 aromatic heterocycles. The zero-order valence-electron chi connectivity index (χ0n) is 11.3. The van der Waals surface area contributed by atoms with Crippen LogP contribution in [0.25, 0.3) is 0 Å². The average molecular weight is 339 g/mol. The lowest BCUT2D eigenvalue weighted by Crippen LogP contribution is -2.32. The third-order valence-electron chi connectivity index (χ3n) is 4.16. The molecule has 1 aromatic rings. The number of rotatable bonds is 5. The Kier molecular flexibility index (Phi) is 4.10. The first-order chi connectivity index (χ1) is 9.63. The predicted octanol–water partition coefficient (Wildman–Crippen LogP) is 2.47. The van der Waals surface area contributed by atoms with Crippen LogP contribution in [0, 0.1) is 0 Å². The molecule has 2 aliphatic rings. The van der Waals surface area contributed by atoms with Crippen LogP contribution in [0.5, 0.6) is 0 Å². The first kappa shape index (κ1) is 14.0. The number of carboxylic acid groups (broad SMARTS) is 1. The molecule has 0 bridgehead atoms. The third-order valence-corrected chi connectivity index (χ3v) is 4.90. The summed E-state index contributed by atoms with van der Waals surface area (Å²) in [6, 6.07) is 6.62. The fourth-order valence-corrected chi connectivity index (χ4v) is 3.32. The van der Waals surface area contributed by atoms with Crippen LogP contribution in [0.4, 0.5) is 0 Å². The number of carbonyl (C=O) groups is 1. The van der Waals surface area contributed by atoms with Crippen molar-refractivity contribution in [2.45, 2.75) is 37.9 Å². The van der Waals surface area contributed by atoms with Crippen molar-refractivity contribution in [1.82, 2.24) is 10.2 Å². The summed E-state index contributed by atoms with van der Waals surface area (Å²) in [5.41, 5.74) is 1.43. The Balaban J connectivity index is 1.54. The molecule has 1 aliphatic carbocycles. The highest BCUT2D eigenvalue weighted by Crippen LogP contribution is 2.30. The van der Waals surface area contributed by atoms with Crippen molar-refractivity contribution < 1.29 is 9.90 Å². The minimum absolute atomic E-state index is 0.321. The van der Waals surface area contributed by atoms with Gasteiger partial charge in [0.2, 0.25) is 0 Å². The molecule has 0 spiro atoms. The van der Waals surface area contributed by atoms with Crippen molar-refractivity contribution in [3.05, 3.63) is 33.8 Å². The van der Waals surface area contributed by atoms with Gasteiger partial charge in [0, 0.05) is 36.2 Å². The van der Waals surface area contributed by atoms with Crippen molar-refractivity contribution in [2.24, 2.45) is 0 Å². The van der Waals surface area contributed by atoms with E-state index in [1.165, 1.54) is 25.8 Å². The van der Waals surface area contributed by atoms with Gasteiger partial charge < -0.3 is 10.4 Å². The van der Waals surface area contributed by atoms with Gasteiger partial charge in [-0.3, -0.25) is 4.90 Å². The van der Waals surface area contributed by atoms with E-state index in [2.05, 4.69) is 26.1 Å². The molecule has 2 fully saturated rings. The molecule has 2 N–H and O–H groups in total. The number of hydrogen-bond acceptors (Lipinski definition) is 3. The molecule has 1 aliphatic heterocycles. The molecule has 20 heavy (non-hydrogen) atoms. The minimum atomic E-state index is -0.888. The summed E-state index contributed by atoms with van der Waals surface area (Å²) in [7, 11) is 0. The molecule has 1 unspecified atom stereocenters. The van der Waals surface area contributed by atoms with E-state index in [4.69, 9.17) is 5.11 Å². The Hall–Kier alpha value is -0.910. The Bertz CT molecular complexity index is 517. The average Bonchev–Trinajstić information content (AvgIpc) is 3.17. The molecule has 108 valence electrons. The number of benzene rings is 1. The van der Waals surface area contributed by atoms with Gasteiger partial charge in [-0.1, -0.05) is 22.0 Å². The molecule has 1 heterocycles. The number of likely N-dealkylation sites (tertiary alicyclic amines) is 1. The van der Waals surface area contributed by atoms with Crippen LogP contribution in [0.2, 0.25) is 0 Å². The summed E-state index contributed by atoms with van der Waals surface area (Å²) < 4.78 is 0.863. The summed E-state index contributed by atoms with van der Waals surface area (Å²) in [5.74, 6) is -0.888. The first-order valence-corrected chi connectivity index (χ1v) is 7.92. The van der Waals surface area contributed by atoms with Crippen molar-refractivity contribution in [2.75, 3.05) is 13.1 Å². The van der Waals surface area contributed by atoms with Crippen molar-refractivity contribution in [3.8, 4) is 0 Å². The lowest BCUT2D eigenvalue weighted by atomic mass is 10.1. The van der Waals surface area contributed by atoms with Gasteiger partial charge in [-0.2, -0.15) is 0 Å². The van der Waals surface area contributed by atoms with Gasteiger partial charge in [-0.25, -0.2) is 4.79 Å². The summed E-state index contributed by atoms with van der Waals surface area (Å²) in [6.45, 7) is 3.14. The largest absolute Gasteiger partial charge is 0.478 e. The van der Waals surface area contributed by atoms with Crippen LogP contribution in [-0.4, -0.2) is 41.1 Å². The van der Waals surface area contributed by atoms with Crippen LogP contribution < -0.4 is 5.32 Å². The monoisotopic (exact) mass is 338 g/mol. The van der Waals surface area contributed by atoms with E-state index < -0.39 is 5.97 Å². The second-order valence-corrected chi connectivity index (χ2v) is 6.56. The molecule has 0 amide bonds. The normalized spacial score (nSPS) is 23.1. The fourth-order valence-electron chi connectivity index (χ4n) is 2.80. The fraction of sp³-hybridized carbons (Fsp3) is 0.533. The lowest BCUT2D eigenvalue weighted by molar-refractivity contribution is 0.0697. The standard InChI is InChI=1S/C15H19BrN2O2/c16-14-7-10(15(19)20)1-2-11(14)8-17-12-5-6-18(9-12)13-3-4-13/h1-2,7,12-13,17H,3-6,8-9H2,(H,19,20). The maximum Gasteiger partial charge on any atom is 0.335 e. The van der Waals surface area contributed by atoms with Gasteiger partial charge in [-0.05, 0) is 37.0 Å². The van der Waals surface area contributed by atoms with E-state index in [0.29, 0.717) is 11.6 Å². The zero-order chi connectivity index (χ0) is 14.1. The van der Waals surface area contributed by atoms with Crippen molar-refractivity contribution >= 4 is 21.9 Å². The summed E-state index contributed by atoms with van der Waals surface area (Å²) in [5, 5.41) is 12.5. The molecular weight excluding hydrogens is 320 g/mol. The lowest BCUT2D eigenvalue weighted by Gasteiger charge is -2.16. The van der Waals surface area contributed by atoms with Gasteiger partial charge in [0.05, 0.1) is 5.56 Å². The number of nitrogens with zero attached hydrogens (tertiary/aromatic N) is 1. The molecule has 1 saturated heterocycles. The Morgan fingerprint density at radius 2 is 2.20 bits per heavy atom. The molecule has 1 atom stereocenters. The second-order valence-electron chi connectivity index (χ2n) is 5.70. The first-order valence-electron chi connectivity index (χ1n) is 7.12. The van der Waals surface area contributed by atoms with Gasteiger partial charge in [-0.15, -0.1) is 0 Å². The van der Waals surface area contributed by atoms with E-state index >= 15 is 0 Å². The molecular formula is C15H19BrN2O2. The van der Waals surface area contributed by atoms with Crippen LogP contribution in [0.1, 0.15) is 35.2 Å². The number of hydrogen-bond donors (Lipinski definition) is 2. The Labute approximate surface area is 127 Å². The number of nitrogens with one attached hydrogen (secondary N) is 1. The van der Waals surface area contributed by atoms with Gasteiger partial charge in [0.25, 0.3) is 0 Å². The predicted molar refractivity (Wildman–Crippen MR) is 80.9 cm³/mol. The highest BCUT2D eigenvalue weighted by molar-refractivity contribution is 9.10. The van der Waals surface area contributed by atoms with Crippen LogP contribution in [-0.2, 0) is 6.54 Å². The van der Waals surface area contributed by atoms with Gasteiger partial charge >= 0.3 is 5.97 Å². The Morgan fingerprint density at radius 1 is 1.40 bits per heavy atom. The van der Waals surface area contributed by atoms with Crippen molar-refractivity contribution in [3.63, 3.8) is 0 Å². The minimum Gasteiger partial charge on any atom is -0.478 e. The van der Waals surface area contributed by atoms with Crippen LogP contribution >= 0.6 is 15.9 Å². The SMILES string of the molecule is O=C(O)c1ccc(CNC2CCN(C3CC3)C2)c(Br)c1. The van der Waals surface area contributed by atoms with Crippen LogP contribution in [0.15, 0.2) is 22.7 Å². The van der Waals surface area contributed by atoms with E-state index in [0.717, 1.165) is 29.2 Å². The molecule has 1 aromatic carbocycles. The van der Waals surface area contributed by atoms with E-state index in [9.17, 15) is 4.79 Å². The molecule has 5 heteroatoms. The summed E-state index contributed by atoms with van der Waals surface area (Å²) in [6.07, 6.45) is 3.95. The van der Waals surface area contributed by atoms with Crippen LogP contribution in [0.3, 0.4) is 0 Å². The summed E-state index contributed by atoms with van der Waals surface area (Å²) in [4.78, 5) is 13.5. The quantitative estimate of drug-likeness (QED) is 0.865.